The number of hydrogen-bond donors (Lipinski definition) is 2. The topological polar surface area (TPSA) is 74.6 Å². The highest BCUT2D eigenvalue weighted by molar-refractivity contribution is 5.90. The molecule has 2 N–H and O–H groups in total. The van der Waals surface area contributed by atoms with Crippen molar-refractivity contribution in [2.45, 2.75) is 46.1 Å². The molecular weight excluding hydrogens is 220 g/mol. The SMILES string of the molecule is C/C=C/C(=O)CCCC(=O)[C@H](O)C(C)(C)CO. The van der Waals surface area contributed by atoms with Gasteiger partial charge in [-0.15, -0.1) is 0 Å². The van der Waals surface area contributed by atoms with Crippen molar-refractivity contribution in [1.82, 2.24) is 0 Å². The average molecular weight is 242 g/mol. The highest BCUT2D eigenvalue weighted by atomic mass is 16.3. The molecule has 0 aromatic rings. The van der Waals surface area contributed by atoms with Crippen molar-refractivity contribution < 1.29 is 19.8 Å². The van der Waals surface area contributed by atoms with Crippen LogP contribution in [0.5, 0.6) is 0 Å². The van der Waals surface area contributed by atoms with Gasteiger partial charge in [-0.05, 0) is 19.4 Å². The minimum atomic E-state index is -1.18. The zero-order chi connectivity index (χ0) is 13.5. The molecule has 98 valence electrons. The van der Waals surface area contributed by atoms with E-state index in [1.165, 1.54) is 6.08 Å². The van der Waals surface area contributed by atoms with E-state index in [0.717, 1.165) is 0 Å². The van der Waals surface area contributed by atoms with E-state index >= 15 is 0 Å². The molecule has 0 radical (unpaired) electrons. The normalized spacial score (nSPS) is 13.9. The van der Waals surface area contributed by atoms with E-state index in [4.69, 9.17) is 5.11 Å². The Morgan fingerprint density at radius 2 is 1.88 bits per heavy atom. The van der Waals surface area contributed by atoms with Gasteiger partial charge >= 0.3 is 0 Å². The fourth-order valence-corrected chi connectivity index (χ4v) is 1.37. The first kappa shape index (κ1) is 16.0. The van der Waals surface area contributed by atoms with Crippen molar-refractivity contribution in [3.63, 3.8) is 0 Å². The van der Waals surface area contributed by atoms with Crippen molar-refractivity contribution >= 4 is 11.6 Å². The van der Waals surface area contributed by atoms with E-state index < -0.39 is 11.5 Å². The molecule has 0 rings (SSSR count). The number of rotatable bonds is 8. The zero-order valence-electron chi connectivity index (χ0n) is 10.8. The third-order valence-corrected chi connectivity index (χ3v) is 2.65. The third kappa shape index (κ3) is 5.75. The number of ketones is 2. The standard InChI is InChI=1S/C13H22O4/c1-4-6-10(15)7-5-8-11(16)12(17)13(2,3)9-14/h4,6,12,14,17H,5,7-9H2,1-3H3/b6-4+/t12-/m0/s1. The number of hydrogen-bond acceptors (Lipinski definition) is 4. The maximum Gasteiger partial charge on any atom is 0.161 e. The minimum Gasteiger partial charge on any atom is -0.396 e. The largest absolute Gasteiger partial charge is 0.396 e. The Morgan fingerprint density at radius 1 is 1.29 bits per heavy atom. The van der Waals surface area contributed by atoms with Crippen molar-refractivity contribution in [2.75, 3.05) is 6.61 Å². The Kier molecular flexibility index (Phi) is 6.92. The summed E-state index contributed by atoms with van der Waals surface area (Å²) in [5.41, 5.74) is -0.829. The molecule has 17 heavy (non-hydrogen) atoms. The lowest BCUT2D eigenvalue weighted by molar-refractivity contribution is -0.134. The van der Waals surface area contributed by atoms with Crippen molar-refractivity contribution in [3.05, 3.63) is 12.2 Å². The lowest BCUT2D eigenvalue weighted by Crippen LogP contribution is -2.39. The van der Waals surface area contributed by atoms with Gasteiger partial charge in [0.25, 0.3) is 0 Å². The van der Waals surface area contributed by atoms with Crippen LogP contribution in [0.1, 0.15) is 40.0 Å². The molecular formula is C13H22O4. The number of carbonyl (C=O) groups excluding carboxylic acids is 2. The smallest absolute Gasteiger partial charge is 0.161 e. The molecule has 0 aromatic heterocycles. The van der Waals surface area contributed by atoms with Gasteiger partial charge in [-0.25, -0.2) is 0 Å². The Hall–Kier alpha value is -1.00. The quantitative estimate of drug-likeness (QED) is 0.628. The number of carbonyl (C=O) groups is 2. The molecule has 0 spiro atoms. The maximum atomic E-state index is 11.6. The van der Waals surface area contributed by atoms with Crippen molar-refractivity contribution in [1.29, 1.82) is 0 Å². The van der Waals surface area contributed by atoms with Crippen molar-refractivity contribution in [3.8, 4) is 0 Å². The van der Waals surface area contributed by atoms with Crippen LogP contribution < -0.4 is 0 Å². The second kappa shape index (κ2) is 7.35. The number of allylic oxidation sites excluding steroid dienone is 2. The summed E-state index contributed by atoms with van der Waals surface area (Å²) in [7, 11) is 0. The minimum absolute atomic E-state index is 0.0174. The molecule has 4 heteroatoms. The van der Waals surface area contributed by atoms with Gasteiger partial charge in [0.15, 0.2) is 11.6 Å². The van der Waals surface area contributed by atoms with Crippen LogP contribution in [0.3, 0.4) is 0 Å². The van der Waals surface area contributed by atoms with Gasteiger partial charge in [-0.1, -0.05) is 19.9 Å². The summed E-state index contributed by atoms with van der Waals surface area (Å²) in [5, 5.41) is 18.7. The molecule has 4 nitrogen and oxygen atoms in total. The van der Waals surface area contributed by atoms with Gasteiger partial charge < -0.3 is 10.2 Å². The molecule has 0 unspecified atom stereocenters. The number of aliphatic hydroxyl groups excluding tert-OH is 2. The zero-order valence-corrected chi connectivity index (χ0v) is 10.8. The Labute approximate surface area is 102 Å². The molecule has 0 aliphatic carbocycles. The van der Waals surface area contributed by atoms with E-state index in [0.29, 0.717) is 12.8 Å². The van der Waals surface area contributed by atoms with Crippen LogP contribution in [-0.2, 0) is 9.59 Å². The predicted octanol–water partition coefficient (Wildman–Crippen LogP) is 1.25. The highest BCUT2D eigenvalue weighted by Crippen LogP contribution is 2.21. The van der Waals surface area contributed by atoms with E-state index in [2.05, 4.69) is 0 Å². The summed E-state index contributed by atoms with van der Waals surface area (Å²) in [5.74, 6) is -0.339. The third-order valence-electron chi connectivity index (χ3n) is 2.65. The van der Waals surface area contributed by atoms with E-state index in [9.17, 15) is 14.7 Å². The summed E-state index contributed by atoms with van der Waals surface area (Å²) >= 11 is 0. The molecule has 0 saturated heterocycles. The average Bonchev–Trinajstić information content (AvgIpc) is 2.28. The summed E-state index contributed by atoms with van der Waals surface area (Å²) in [6, 6.07) is 0. The Bertz CT molecular complexity index is 292. The van der Waals surface area contributed by atoms with Crippen LogP contribution in [-0.4, -0.2) is 34.5 Å². The Morgan fingerprint density at radius 3 is 2.35 bits per heavy atom. The van der Waals surface area contributed by atoms with Gasteiger partial charge in [0, 0.05) is 18.3 Å². The van der Waals surface area contributed by atoms with Crippen LogP contribution in [0.2, 0.25) is 0 Å². The van der Waals surface area contributed by atoms with Crippen LogP contribution in [0.25, 0.3) is 0 Å². The fraction of sp³-hybridized carbons (Fsp3) is 0.692. The van der Waals surface area contributed by atoms with E-state index in [-0.39, 0.29) is 24.6 Å². The molecule has 0 aromatic carbocycles. The van der Waals surface area contributed by atoms with Crippen molar-refractivity contribution in [2.24, 2.45) is 5.41 Å². The lowest BCUT2D eigenvalue weighted by Gasteiger charge is -2.26. The predicted molar refractivity (Wildman–Crippen MR) is 65.6 cm³/mol. The molecule has 0 heterocycles. The van der Waals surface area contributed by atoms with E-state index in [1.807, 2.05) is 0 Å². The maximum absolute atomic E-state index is 11.6. The van der Waals surface area contributed by atoms with Crippen LogP contribution in [0.15, 0.2) is 12.2 Å². The van der Waals surface area contributed by atoms with Gasteiger partial charge in [0.1, 0.15) is 6.10 Å². The highest BCUT2D eigenvalue weighted by Gasteiger charge is 2.32. The van der Waals surface area contributed by atoms with Gasteiger partial charge in [0.05, 0.1) is 6.61 Å². The molecule has 0 fully saturated rings. The molecule has 0 amide bonds. The number of Topliss-reactive ketones (excluding diaryl/α,β-unsaturated/α-hetero) is 1. The van der Waals surface area contributed by atoms with E-state index in [1.54, 1.807) is 26.8 Å². The van der Waals surface area contributed by atoms with Gasteiger partial charge in [-0.3, -0.25) is 9.59 Å². The number of aliphatic hydroxyl groups is 2. The second-order valence-electron chi connectivity index (χ2n) is 4.84. The monoisotopic (exact) mass is 242 g/mol. The summed E-state index contributed by atoms with van der Waals surface area (Å²) in [6.07, 6.45) is 2.85. The van der Waals surface area contributed by atoms with Gasteiger partial charge in [-0.2, -0.15) is 0 Å². The molecule has 0 aliphatic heterocycles. The first-order valence-corrected chi connectivity index (χ1v) is 5.82. The first-order valence-electron chi connectivity index (χ1n) is 5.82. The second-order valence-corrected chi connectivity index (χ2v) is 4.84. The molecule has 1 atom stereocenters. The molecule has 0 aliphatic rings. The fourth-order valence-electron chi connectivity index (χ4n) is 1.37. The van der Waals surface area contributed by atoms with Crippen LogP contribution in [0.4, 0.5) is 0 Å². The summed E-state index contributed by atoms with van der Waals surface area (Å²) < 4.78 is 0. The lowest BCUT2D eigenvalue weighted by atomic mass is 9.84. The Balaban J connectivity index is 4.07. The molecule has 0 saturated carbocycles. The van der Waals surface area contributed by atoms with Crippen LogP contribution in [0, 0.1) is 5.41 Å². The summed E-state index contributed by atoms with van der Waals surface area (Å²) in [6.45, 7) is 4.76. The van der Waals surface area contributed by atoms with Gasteiger partial charge in [0.2, 0.25) is 0 Å². The first-order chi connectivity index (χ1) is 7.85. The summed E-state index contributed by atoms with van der Waals surface area (Å²) in [4.78, 5) is 22.7. The molecule has 0 bridgehead atoms. The van der Waals surface area contributed by atoms with Crippen LogP contribution >= 0.6 is 0 Å².